The van der Waals surface area contributed by atoms with Crippen LogP contribution in [-0.2, 0) is 6.54 Å². The lowest BCUT2D eigenvalue weighted by atomic mass is 10.1. The van der Waals surface area contributed by atoms with Crippen molar-refractivity contribution in [3.8, 4) is 0 Å². The summed E-state index contributed by atoms with van der Waals surface area (Å²) in [5, 5.41) is 2.21. The number of nitrogens with zero attached hydrogens (tertiary/aromatic N) is 1. The number of likely N-dealkylation sites (tertiary alicyclic amines) is 1. The summed E-state index contributed by atoms with van der Waals surface area (Å²) >= 11 is 5.59. The summed E-state index contributed by atoms with van der Waals surface area (Å²) in [6.07, 6.45) is 5.35. The first-order chi connectivity index (χ1) is 9.84. The number of thiophene rings is 1. The summed E-state index contributed by atoms with van der Waals surface area (Å²) < 4.78 is 1.23. The quantitative estimate of drug-likeness (QED) is 0.694. The molecular formula is C17H20BrNS. The van der Waals surface area contributed by atoms with Gasteiger partial charge in [-0.25, -0.2) is 0 Å². The maximum atomic E-state index is 3.69. The topological polar surface area (TPSA) is 3.24 Å². The standard InChI is InChI=1S/C17H20BrNS/c18-15-8-4-3-7-14(15)13-19-11-5-1-2-9-16(19)17-10-6-12-20-17/h3-4,6-8,10,12,16H,1-2,5,9,11,13H2. The molecule has 1 atom stereocenters. The van der Waals surface area contributed by atoms with Gasteiger partial charge in [-0.15, -0.1) is 11.3 Å². The first kappa shape index (κ1) is 14.3. The molecule has 2 heterocycles. The number of hydrogen-bond donors (Lipinski definition) is 0. The number of halogens is 1. The van der Waals surface area contributed by atoms with E-state index in [2.05, 4.69) is 62.6 Å². The smallest absolute Gasteiger partial charge is 0.0445 e. The van der Waals surface area contributed by atoms with Gasteiger partial charge in [0.05, 0.1) is 0 Å². The Bertz CT molecular complexity index is 538. The van der Waals surface area contributed by atoms with Gasteiger partial charge in [0, 0.05) is 21.9 Å². The molecule has 1 unspecified atom stereocenters. The van der Waals surface area contributed by atoms with Gasteiger partial charge >= 0.3 is 0 Å². The molecule has 1 fully saturated rings. The maximum Gasteiger partial charge on any atom is 0.0445 e. The van der Waals surface area contributed by atoms with Crippen molar-refractivity contribution in [2.24, 2.45) is 0 Å². The minimum Gasteiger partial charge on any atom is -0.291 e. The van der Waals surface area contributed by atoms with Crippen LogP contribution in [0.15, 0.2) is 46.3 Å². The Morgan fingerprint density at radius 2 is 2.00 bits per heavy atom. The molecule has 1 aromatic carbocycles. The molecule has 1 aromatic heterocycles. The van der Waals surface area contributed by atoms with Crippen LogP contribution in [0.4, 0.5) is 0 Å². The molecule has 3 heteroatoms. The summed E-state index contributed by atoms with van der Waals surface area (Å²) in [5.41, 5.74) is 1.40. The van der Waals surface area contributed by atoms with Gasteiger partial charge in [0.15, 0.2) is 0 Å². The van der Waals surface area contributed by atoms with Gasteiger partial charge in [-0.05, 0) is 42.5 Å². The van der Waals surface area contributed by atoms with E-state index >= 15 is 0 Å². The van der Waals surface area contributed by atoms with Crippen LogP contribution in [-0.4, -0.2) is 11.4 Å². The van der Waals surface area contributed by atoms with E-state index in [0.29, 0.717) is 6.04 Å². The average Bonchev–Trinajstić information content (AvgIpc) is 2.89. The fraction of sp³-hybridized carbons (Fsp3) is 0.412. The van der Waals surface area contributed by atoms with E-state index in [4.69, 9.17) is 0 Å². The second kappa shape index (κ2) is 6.88. The van der Waals surface area contributed by atoms with Crippen molar-refractivity contribution >= 4 is 27.3 Å². The van der Waals surface area contributed by atoms with Gasteiger partial charge in [-0.3, -0.25) is 4.90 Å². The molecule has 20 heavy (non-hydrogen) atoms. The highest BCUT2D eigenvalue weighted by Crippen LogP contribution is 2.34. The minimum absolute atomic E-state index is 0.601. The van der Waals surface area contributed by atoms with Crippen molar-refractivity contribution < 1.29 is 0 Å². The summed E-state index contributed by atoms with van der Waals surface area (Å²) in [5.74, 6) is 0. The van der Waals surface area contributed by atoms with Crippen molar-refractivity contribution in [3.05, 3.63) is 56.7 Å². The van der Waals surface area contributed by atoms with Crippen LogP contribution in [0.2, 0.25) is 0 Å². The summed E-state index contributed by atoms with van der Waals surface area (Å²) in [7, 11) is 0. The Hall–Kier alpha value is -0.640. The normalized spacial score (nSPS) is 20.8. The Labute approximate surface area is 133 Å². The van der Waals surface area contributed by atoms with E-state index in [9.17, 15) is 0 Å². The third-order valence-electron chi connectivity index (χ3n) is 4.07. The molecule has 0 saturated carbocycles. The Balaban J connectivity index is 1.82. The van der Waals surface area contributed by atoms with Gasteiger partial charge in [-0.1, -0.05) is 53.0 Å². The highest BCUT2D eigenvalue weighted by Gasteiger charge is 2.23. The van der Waals surface area contributed by atoms with Crippen LogP contribution in [0, 0.1) is 0 Å². The lowest BCUT2D eigenvalue weighted by Gasteiger charge is -2.29. The van der Waals surface area contributed by atoms with Gasteiger partial charge in [0.1, 0.15) is 0 Å². The van der Waals surface area contributed by atoms with Crippen LogP contribution >= 0.6 is 27.3 Å². The average molecular weight is 350 g/mol. The van der Waals surface area contributed by atoms with Crippen molar-refractivity contribution in [1.29, 1.82) is 0 Å². The van der Waals surface area contributed by atoms with Crippen molar-refractivity contribution in [2.45, 2.75) is 38.3 Å². The first-order valence-electron chi connectivity index (χ1n) is 7.35. The lowest BCUT2D eigenvalue weighted by Crippen LogP contribution is -2.27. The second-order valence-corrected chi connectivity index (χ2v) is 7.28. The van der Waals surface area contributed by atoms with E-state index in [-0.39, 0.29) is 0 Å². The predicted molar refractivity (Wildman–Crippen MR) is 90.1 cm³/mol. The Morgan fingerprint density at radius 3 is 2.80 bits per heavy atom. The molecular weight excluding hydrogens is 330 g/mol. The van der Waals surface area contributed by atoms with Crippen LogP contribution in [0.5, 0.6) is 0 Å². The van der Waals surface area contributed by atoms with E-state index in [0.717, 1.165) is 6.54 Å². The molecule has 1 aliphatic rings. The molecule has 2 aromatic rings. The lowest BCUT2D eigenvalue weighted by molar-refractivity contribution is 0.195. The molecule has 3 rings (SSSR count). The highest BCUT2D eigenvalue weighted by molar-refractivity contribution is 9.10. The van der Waals surface area contributed by atoms with Crippen molar-refractivity contribution in [1.82, 2.24) is 4.90 Å². The zero-order valence-corrected chi connectivity index (χ0v) is 14.0. The predicted octanol–water partition coefficient (Wildman–Crippen LogP) is 5.63. The highest BCUT2D eigenvalue weighted by atomic mass is 79.9. The van der Waals surface area contributed by atoms with E-state index in [1.807, 2.05) is 11.3 Å². The Morgan fingerprint density at radius 1 is 1.10 bits per heavy atom. The monoisotopic (exact) mass is 349 g/mol. The van der Waals surface area contributed by atoms with E-state index in [1.165, 1.54) is 47.1 Å². The number of benzene rings is 1. The molecule has 1 nitrogen and oxygen atoms in total. The number of hydrogen-bond acceptors (Lipinski definition) is 2. The van der Waals surface area contributed by atoms with Crippen LogP contribution in [0.1, 0.15) is 42.2 Å². The zero-order chi connectivity index (χ0) is 13.8. The largest absolute Gasteiger partial charge is 0.291 e. The molecule has 106 valence electrons. The van der Waals surface area contributed by atoms with Gasteiger partial charge in [0.25, 0.3) is 0 Å². The van der Waals surface area contributed by atoms with Crippen molar-refractivity contribution in [2.75, 3.05) is 6.54 Å². The van der Waals surface area contributed by atoms with Gasteiger partial charge in [0.2, 0.25) is 0 Å². The molecule has 0 N–H and O–H groups in total. The molecule has 0 bridgehead atoms. The second-order valence-electron chi connectivity index (χ2n) is 5.44. The van der Waals surface area contributed by atoms with E-state index < -0.39 is 0 Å². The molecule has 0 amide bonds. The number of rotatable bonds is 3. The Kier molecular flexibility index (Phi) is 4.92. The third-order valence-corrected chi connectivity index (χ3v) is 5.81. The molecule has 0 aliphatic carbocycles. The summed E-state index contributed by atoms with van der Waals surface area (Å²) in [6.45, 7) is 2.26. The molecule has 0 spiro atoms. The molecule has 0 radical (unpaired) electrons. The summed E-state index contributed by atoms with van der Waals surface area (Å²) in [6, 6.07) is 13.7. The van der Waals surface area contributed by atoms with Crippen LogP contribution in [0.25, 0.3) is 0 Å². The third kappa shape index (κ3) is 3.33. The SMILES string of the molecule is Brc1ccccc1CN1CCCCCC1c1cccs1. The molecule has 1 saturated heterocycles. The van der Waals surface area contributed by atoms with Crippen LogP contribution in [0.3, 0.4) is 0 Å². The minimum atomic E-state index is 0.601. The summed E-state index contributed by atoms with van der Waals surface area (Å²) in [4.78, 5) is 4.19. The van der Waals surface area contributed by atoms with Crippen molar-refractivity contribution in [3.63, 3.8) is 0 Å². The fourth-order valence-electron chi connectivity index (χ4n) is 3.01. The maximum absolute atomic E-state index is 3.69. The first-order valence-corrected chi connectivity index (χ1v) is 9.03. The fourth-order valence-corrected chi connectivity index (χ4v) is 4.31. The zero-order valence-electron chi connectivity index (χ0n) is 11.6. The van der Waals surface area contributed by atoms with Gasteiger partial charge in [-0.2, -0.15) is 0 Å². The van der Waals surface area contributed by atoms with Gasteiger partial charge < -0.3 is 0 Å². The van der Waals surface area contributed by atoms with Crippen LogP contribution < -0.4 is 0 Å². The van der Waals surface area contributed by atoms with E-state index in [1.54, 1.807) is 0 Å². The molecule has 1 aliphatic heterocycles.